The predicted octanol–water partition coefficient (Wildman–Crippen LogP) is 2.65. The first-order valence-electron chi connectivity index (χ1n) is 10.1. The highest BCUT2D eigenvalue weighted by atomic mass is 32.2. The zero-order valence-corrected chi connectivity index (χ0v) is 18.2. The van der Waals surface area contributed by atoms with E-state index in [1.165, 1.54) is 50.1 Å². The molecule has 1 unspecified atom stereocenters. The molecule has 1 saturated heterocycles. The van der Waals surface area contributed by atoms with Gasteiger partial charge in [0.15, 0.2) is 0 Å². The topological polar surface area (TPSA) is 102 Å². The van der Waals surface area contributed by atoms with Gasteiger partial charge in [-0.25, -0.2) is 13.6 Å². The lowest BCUT2D eigenvalue weighted by Crippen LogP contribution is -2.37. The zero-order chi connectivity index (χ0) is 21.7. The maximum Gasteiger partial charge on any atom is 0.255 e. The van der Waals surface area contributed by atoms with Gasteiger partial charge in [-0.3, -0.25) is 9.69 Å². The second-order valence-electron chi connectivity index (χ2n) is 7.67. The molecule has 1 fully saturated rings. The molecule has 7 nitrogen and oxygen atoms in total. The summed E-state index contributed by atoms with van der Waals surface area (Å²) in [5, 5.41) is 8.08. The number of nitrogens with one attached hydrogen (secondary N) is 1. The molecule has 1 aliphatic rings. The fraction of sp³-hybridized carbons (Fsp3) is 0.409. The van der Waals surface area contributed by atoms with Crippen molar-refractivity contribution in [3.63, 3.8) is 0 Å². The van der Waals surface area contributed by atoms with Gasteiger partial charge in [0, 0.05) is 19.1 Å². The van der Waals surface area contributed by atoms with Gasteiger partial charge in [-0.1, -0.05) is 30.7 Å². The molecule has 2 aromatic carbocycles. The Balaban J connectivity index is 1.75. The number of piperidine rings is 1. The lowest BCUT2D eigenvalue weighted by Gasteiger charge is -2.33. The highest BCUT2D eigenvalue weighted by molar-refractivity contribution is 7.89. The minimum Gasteiger partial charge on any atom is -0.496 e. The van der Waals surface area contributed by atoms with Crippen molar-refractivity contribution in [2.75, 3.05) is 13.7 Å². The van der Waals surface area contributed by atoms with E-state index in [1.54, 1.807) is 0 Å². The molecule has 3 rings (SSSR count). The third-order valence-electron chi connectivity index (χ3n) is 5.62. The number of carbonyl (C=O) groups is 1. The van der Waals surface area contributed by atoms with Crippen LogP contribution in [0.15, 0.2) is 47.4 Å². The van der Waals surface area contributed by atoms with Crippen LogP contribution in [0.1, 0.15) is 47.7 Å². The molecule has 1 heterocycles. The van der Waals surface area contributed by atoms with Crippen molar-refractivity contribution in [2.24, 2.45) is 5.14 Å². The van der Waals surface area contributed by atoms with Crippen molar-refractivity contribution >= 4 is 15.9 Å². The number of amides is 1. The van der Waals surface area contributed by atoms with Gasteiger partial charge < -0.3 is 10.1 Å². The van der Waals surface area contributed by atoms with Crippen LogP contribution in [0, 0.1) is 0 Å². The van der Waals surface area contributed by atoms with Gasteiger partial charge in [0.25, 0.3) is 5.91 Å². The number of hydrogen-bond donors (Lipinski definition) is 2. The number of carbonyl (C=O) groups excluding carboxylic acids is 1. The fourth-order valence-corrected chi connectivity index (χ4v) is 4.35. The quantitative estimate of drug-likeness (QED) is 0.702. The molecule has 0 spiro atoms. The Morgan fingerprint density at radius 3 is 2.60 bits per heavy atom. The SMILES string of the molecule is COc1ccc(S(N)(=O)=O)cc1C(=O)NCc1ccccc1CN1CCCCC1C. The summed E-state index contributed by atoms with van der Waals surface area (Å²) in [6, 6.07) is 12.6. The van der Waals surface area contributed by atoms with Crippen molar-refractivity contribution < 1.29 is 17.9 Å². The molecular weight excluding hydrogens is 402 g/mol. The maximum absolute atomic E-state index is 12.8. The molecule has 0 aromatic heterocycles. The molecule has 1 amide bonds. The molecule has 3 N–H and O–H groups in total. The first-order valence-corrected chi connectivity index (χ1v) is 11.6. The van der Waals surface area contributed by atoms with E-state index in [0.717, 1.165) is 18.7 Å². The standard InChI is InChI=1S/C22H29N3O4S/c1-16-7-5-6-12-25(16)15-18-9-4-3-8-17(18)14-24-22(26)20-13-19(30(23,27)28)10-11-21(20)29-2/h3-4,8-11,13,16H,5-7,12,14-15H2,1-2H3,(H,24,26)(H2,23,27,28). The van der Waals surface area contributed by atoms with E-state index in [1.807, 2.05) is 18.2 Å². The molecule has 8 heteroatoms. The number of methoxy groups -OCH3 is 1. The second-order valence-corrected chi connectivity index (χ2v) is 9.24. The third kappa shape index (κ3) is 5.38. The Kier molecular flexibility index (Phi) is 7.12. The van der Waals surface area contributed by atoms with Gasteiger partial charge in [-0.2, -0.15) is 0 Å². The number of nitrogens with two attached hydrogens (primary N) is 1. The summed E-state index contributed by atoms with van der Waals surface area (Å²) in [6.45, 7) is 4.52. The van der Waals surface area contributed by atoms with Gasteiger partial charge in [0.1, 0.15) is 5.75 Å². The van der Waals surface area contributed by atoms with Crippen molar-refractivity contribution in [1.29, 1.82) is 0 Å². The smallest absolute Gasteiger partial charge is 0.255 e. The van der Waals surface area contributed by atoms with Crippen LogP contribution in [0.4, 0.5) is 0 Å². The Bertz CT molecular complexity index is 1010. The summed E-state index contributed by atoms with van der Waals surface area (Å²) < 4.78 is 28.5. The summed E-state index contributed by atoms with van der Waals surface area (Å²) in [7, 11) is -2.49. The van der Waals surface area contributed by atoms with Crippen molar-refractivity contribution in [3.8, 4) is 5.75 Å². The summed E-state index contributed by atoms with van der Waals surface area (Å²) in [6.07, 6.45) is 3.69. The summed E-state index contributed by atoms with van der Waals surface area (Å²) in [5.74, 6) is -0.131. The van der Waals surface area contributed by atoms with E-state index < -0.39 is 15.9 Å². The van der Waals surface area contributed by atoms with E-state index in [9.17, 15) is 13.2 Å². The average Bonchev–Trinajstić information content (AvgIpc) is 2.73. The second kappa shape index (κ2) is 9.59. The molecular formula is C22H29N3O4S. The number of nitrogens with zero attached hydrogens (tertiary/aromatic N) is 1. The van der Waals surface area contributed by atoms with Crippen LogP contribution in [-0.2, 0) is 23.1 Å². The Morgan fingerprint density at radius 1 is 1.20 bits per heavy atom. The Morgan fingerprint density at radius 2 is 1.93 bits per heavy atom. The van der Waals surface area contributed by atoms with Gasteiger partial charge in [-0.15, -0.1) is 0 Å². The largest absolute Gasteiger partial charge is 0.496 e. The highest BCUT2D eigenvalue weighted by Crippen LogP contribution is 2.23. The van der Waals surface area contributed by atoms with Crippen LogP contribution in [0.25, 0.3) is 0 Å². The lowest BCUT2D eigenvalue weighted by atomic mass is 10.0. The van der Waals surface area contributed by atoms with E-state index >= 15 is 0 Å². The number of sulfonamides is 1. The molecule has 1 atom stereocenters. The number of likely N-dealkylation sites (tertiary alicyclic amines) is 1. The van der Waals surface area contributed by atoms with Crippen molar-refractivity contribution in [3.05, 3.63) is 59.2 Å². The van der Waals surface area contributed by atoms with Crippen LogP contribution in [-0.4, -0.2) is 38.9 Å². The maximum atomic E-state index is 12.8. The van der Waals surface area contributed by atoms with E-state index in [-0.39, 0.29) is 16.2 Å². The predicted molar refractivity (Wildman–Crippen MR) is 116 cm³/mol. The minimum atomic E-state index is -3.92. The third-order valence-corrected chi connectivity index (χ3v) is 6.53. The van der Waals surface area contributed by atoms with Crippen LogP contribution in [0.5, 0.6) is 5.75 Å². The van der Waals surface area contributed by atoms with Crippen LogP contribution >= 0.6 is 0 Å². The Labute approximate surface area is 178 Å². The van der Waals surface area contributed by atoms with Gasteiger partial charge in [-0.05, 0) is 55.6 Å². The van der Waals surface area contributed by atoms with Gasteiger partial charge in [0.2, 0.25) is 10.0 Å². The van der Waals surface area contributed by atoms with Crippen LogP contribution in [0.2, 0.25) is 0 Å². The number of primary sulfonamides is 1. The number of benzene rings is 2. The zero-order valence-electron chi connectivity index (χ0n) is 17.4. The minimum absolute atomic E-state index is 0.131. The van der Waals surface area contributed by atoms with E-state index in [2.05, 4.69) is 23.2 Å². The van der Waals surface area contributed by atoms with E-state index in [4.69, 9.17) is 9.88 Å². The van der Waals surface area contributed by atoms with Crippen molar-refractivity contribution in [2.45, 2.75) is 50.2 Å². The van der Waals surface area contributed by atoms with Gasteiger partial charge >= 0.3 is 0 Å². The van der Waals surface area contributed by atoms with Crippen LogP contribution < -0.4 is 15.2 Å². The molecule has 1 aliphatic heterocycles. The molecule has 0 radical (unpaired) electrons. The molecule has 162 valence electrons. The molecule has 0 aliphatic carbocycles. The van der Waals surface area contributed by atoms with E-state index in [0.29, 0.717) is 12.6 Å². The first kappa shape index (κ1) is 22.3. The summed E-state index contributed by atoms with van der Waals surface area (Å²) >= 11 is 0. The number of rotatable bonds is 7. The first-order chi connectivity index (χ1) is 14.3. The fourth-order valence-electron chi connectivity index (χ4n) is 3.81. The summed E-state index contributed by atoms with van der Waals surface area (Å²) in [4.78, 5) is 15.1. The normalized spacial score (nSPS) is 17.5. The number of hydrogen-bond acceptors (Lipinski definition) is 5. The molecule has 30 heavy (non-hydrogen) atoms. The molecule has 0 bridgehead atoms. The summed E-state index contributed by atoms with van der Waals surface area (Å²) in [5.41, 5.74) is 2.34. The lowest BCUT2D eigenvalue weighted by molar-refractivity contribution is 0.0947. The molecule has 2 aromatic rings. The Hall–Kier alpha value is -2.42. The van der Waals surface area contributed by atoms with Crippen LogP contribution in [0.3, 0.4) is 0 Å². The van der Waals surface area contributed by atoms with Gasteiger partial charge in [0.05, 0.1) is 17.6 Å². The monoisotopic (exact) mass is 431 g/mol. The average molecular weight is 432 g/mol. The highest BCUT2D eigenvalue weighted by Gasteiger charge is 2.20. The molecule has 0 saturated carbocycles. The number of ether oxygens (including phenoxy) is 1. The van der Waals surface area contributed by atoms with Crippen molar-refractivity contribution in [1.82, 2.24) is 10.2 Å².